The molecule has 0 bridgehead atoms. The van der Waals surface area contributed by atoms with E-state index in [-0.39, 0.29) is 5.97 Å². The number of hydrogen-bond donors (Lipinski definition) is 0. The predicted octanol–water partition coefficient (Wildman–Crippen LogP) is 8.76. The van der Waals surface area contributed by atoms with Gasteiger partial charge in [0.1, 0.15) is 0 Å². The number of rotatable bonds is 22. The number of unbranched alkanes of at least 4 members (excludes halogenated alkanes) is 18. The molecule has 0 fully saturated rings. The molecule has 0 aliphatic rings. The number of carbonyl (C=O) groups excluding carboxylic acids is 1. The minimum Gasteiger partial charge on any atom is -0.466 e. The first-order chi connectivity index (χ1) is 13.3. The summed E-state index contributed by atoms with van der Waals surface area (Å²) in [6.07, 6.45) is 26.9. The molecule has 27 heavy (non-hydrogen) atoms. The van der Waals surface area contributed by atoms with Crippen molar-refractivity contribution < 1.29 is 9.53 Å². The van der Waals surface area contributed by atoms with Gasteiger partial charge in [-0.25, -0.2) is 0 Å². The van der Waals surface area contributed by atoms with Crippen LogP contribution in [0.2, 0.25) is 0 Å². The topological polar surface area (TPSA) is 26.3 Å². The molecule has 0 rings (SSSR count). The quantitative estimate of drug-likeness (QED) is 0.138. The number of esters is 1. The lowest BCUT2D eigenvalue weighted by atomic mass is 10.1. The summed E-state index contributed by atoms with van der Waals surface area (Å²) in [6.45, 7) is 5.16. The molecule has 0 radical (unpaired) electrons. The fraction of sp³-hybridized carbons (Fsp3) is 0.960. The number of carbonyl (C=O) groups is 1. The van der Waals surface area contributed by atoms with Gasteiger partial charge in [0.25, 0.3) is 0 Å². The summed E-state index contributed by atoms with van der Waals surface area (Å²) in [4.78, 5) is 11.7. The summed E-state index contributed by atoms with van der Waals surface area (Å²) in [5.41, 5.74) is 0. The Bertz CT molecular complexity index is 288. The van der Waals surface area contributed by atoms with Gasteiger partial charge in [0.15, 0.2) is 0 Å². The average Bonchev–Trinajstić information content (AvgIpc) is 2.67. The first-order valence-electron chi connectivity index (χ1n) is 12.5. The fourth-order valence-electron chi connectivity index (χ4n) is 3.60. The Labute approximate surface area is 171 Å². The van der Waals surface area contributed by atoms with Crippen LogP contribution in [0, 0.1) is 0 Å². The van der Waals surface area contributed by atoms with Crippen LogP contribution in [0.5, 0.6) is 0 Å². The van der Waals surface area contributed by atoms with Crippen molar-refractivity contribution in [3.8, 4) is 0 Å². The summed E-state index contributed by atoms with van der Waals surface area (Å²) in [7, 11) is 0. The van der Waals surface area contributed by atoms with Crippen LogP contribution in [0.1, 0.15) is 149 Å². The van der Waals surface area contributed by atoms with Crippen molar-refractivity contribution >= 4 is 5.97 Å². The Kier molecular flexibility index (Phi) is 23.0. The third-order valence-electron chi connectivity index (χ3n) is 5.50. The van der Waals surface area contributed by atoms with Gasteiger partial charge in [-0.15, -0.1) is 0 Å². The van der Waals surface area contributed by atoms with Crippen molar-refractivity contribution in [1.82, 2.24) is 0 Å². The highest BCUT2D eigenvalue weighted by molar-refractivity contribution is 5.69. The second-order valence-corrected chi connectivity index (χ2v) is 8.33. The highest BCUT2D eigenvalue weighted by atomic mass is 16.5. The molecule has 0 aromatic rings. The summed E-state index contributed by atoms with van der Waals surface area (Å²) in [5.74, 6) is 0.0176. The van der Waals surface area contributed by atoms with Crippen molar-refractivity contribution in [3.05, 3.63) is 0 Å². The molecule has 0 aromatic heterocycles. The molecule has 0 heterocycles. The van der Waals surface area contributed by atoms with Gasteiger partial charge in [-0.05, 0) is 12.8 Å². The van der Waals surface area contributed by atoms with Crippen LogP contribution < -0.4 is 0 Å². The van der Waals surface area contributed by atoms with Gasteiger partial charge < -0.3 is 4.74 Å². The van der Waals surface area contributed by atoms with Crippen molar-refractivity contribution in [2.45, 2.75) is 149 Å². The molecule has 0 amide bonds. The van der Waals surface area contributed by atoms with Crippen molar-refractivity contribution in [2.75, 3.05) is 6.61 Å². The molecule has 0 aliphatic heterocycles. The van der Waals surface area contributed by atoms with Crippen LogP contribution >= 0.6 is 0 Å². The third-order valence-corrected chi connectivity index (χ3v) is 5.50. The van der Waals surface area contributed by atoms with Gasteiger partial charge in [0.05, 0.1) is 6.61 Å². The molecule has 0 saturated carbocycles. The Balaban J connectivity index is 3.12. The lowest BCUT2D eigenvalue weighted by Crippen LogP contribution is -2.05. The normalized spacial score (nSPS) is 11.0. The Morgan fingerprint density at radius 3 is 1.22 bits per heavy atom. The molecule has 0 N–H and O–H groups in total. The number of hydrogen-bond acceptors (Lipinski definition) is 2. The van der Waals surface area contributed by atoms with Gasteiger partial charge in [-0.1, -0.05) is 129 Å². The van der Waals surface area contributed by atoms with E-state index in [0.717, 1.165) is 12.8 Å². The molecule has 2 nitrogen and oxygen atoms in total. The van der Waals surface area contributed by atoms with E-state index in [4.69, 9.17) is 4.74 Å². The molecule has 0 saturated heterocycles. The van der Waals surface area contributed by atoms with E-state index >= 15 is 0 Å². The standard InChI is InChI=1S/C25H50O2/c1-3-5-7-9-11-13-14-15-16-18-20-22-24-27-25(26)23-21-19-17-12-10-8-6-4-2/h3-24H2,1-2H3. The lowest BCUT2D eigenvalue weighted by Gasteiger charge is -2.05. The van der Waals surface area contributed by atoms with Crippen LogP contribution in [0.25, 0.3) is 0 Å². The highest BCUT2D eigenvalue weighted by Gasteiger charge is 2.02. The maximum atomic E-state index is 11.7. The molecule has 2 heteroatoms. The molecule has 0 spiro atoms. The molecule has 0 unspecified atom stereocenters. The summed E-state index contributed by atoms with van der Waals surface area (Å²) < 4.78 is 5.35. The summed E-state index contributed by atoms with van der Waals surface area (Å²) in [6, 6.07) is 0. The Hall–Kier alpha value is -0.530. The molecule has 0 atom stereocenters. The van der Waals surface area contributed by atoms with Crippen molar-refractivity contribution in [1.29, 1.82) is 0 Å². The zero-order valence-electron chi connectivity index (χ0n) is 18.9. The average molecular weight is 383 g/mol. The SMILES string of the molecule is CCCCCCCCCCCCCCOC(=O)CCCCCCCCCC. The second kappa shape index (κ2) is 23.5. The first kappa shape index (κ1) is 26.5. The van der Waals surface area contributed by atoms with Gasteiger partial charge in [0, 0.05) is 6.42 Å². The van der Waals surface area contributed by atoms with Crippen LogP contribution in [-0.2, 0) is 9.53 Å². The van der Waals surface area contributed by atoms with Gasteiger partial charge >= 0.3 is 5.97 Å². The van der Waals surface area contributed by atoms with Crippen molar-refractivity contribution in [3.63, 3.8) is 0 Å². The molecule has 162 valence electrons. The highest BCUT2D eigenvalue weighted by Crippen LogP contribution is 2.12. The number of ether oxygens (including phenoxy) is 1. The van der Waals surface area contributed by atoms with Crippen LogP contribution in [-0.4, -0.2) is 12.6 Å². The second-order valence-electron chi connectivity index (χ2n) is 8.33. The minimum atomic E-state index is 0.0176. The van der Waals surface area contributed by atoms with E-state index in [2.05, 4.69) is 13.8 Å². The minimum absolute atomic E-state index is 0.0176. The zero-order chi connectivity index (χ0) is 19.8. The maximum absolute atomic E-state index is 11.7. The van der Waals surface area contributed by atoms with Crippen LogP contribution in [0.15, 0.2) is 0 Å². The largest absolute Gasteiger partial charge is 0.466 e. The fourth-order valence-corrected chi connectivity index (χ4v) is 3.60. The molecular weight excluding hydrogens is 332 g/mol. The van der Waals surface area contributed by atoms with E-state index in [9.17, 15) is 4.79 Å². The van der Waals surface area contributed by atoms with Gasteiger partial charge in [-0.3, -0.25) is 4.79 Å². The van der Waals surface area contributed by atoms with Gasteiger partial charge in [-0.2, -0.15) is 0 Å². The monoisotopic (exact) mass is 382 g/mol. The van der Waals surface area contributed by atoms with Crippen LogP contribution in [0.3, 0.4) is 0 Å². The lowest BCUT2D eigenvalue weighted by molar-refractivity contribution is -0.143. The van der Waals surface area contributed by atoms with E-state index in [1.54, 1.807) is 0 Å². The zero-order valence-corrected chi connectivity index (χ0v) is 18.9. The molecule has 0 aliphatic carbocycles. The van der Waals surface area contributed by atoms with Crippen LogP contribution in [0.4, 0.5) is 0 Å². The van der Waals surface area contributed by atoms with E-state index in [1.807, 2.05) is 0 Å². The predicted molar refractivity (Wildman–Crippen MR) is 119 cm³/mol. The third kappa shape index (κ3) is 23.4. The smallest absolute Gasteiger partial charge is 0.305 e. The summed E-state index contributed by atoms with van der Waals surface area (Å²) in [5, 5.41) is 0. The van der Waals surface area contributed by atoms with E-state index < -0.39 is 0 Å². The molecular formula is C25H50O2. The summed E-state index contributed by atoms with van der Waals surface area (Å²) >= 11 is 0. The first-order valence-corrected chi connectivity index (χ1v) is 12.5. The van der Waals surface area contributed by atoms with Gasteiger partial charge in [0.2, 0.25) is 0 Å². The maximum Gasteiger partial charge on any atom is 0.305 e. The Morgan fingerprint density at radius 1 is 0.481 bits per heavy atom. The van der Waals surface area contributed by atoms with E-state index in [0.29, 0.717) is 13.0 Å². The van der Waals surface area contributed by atoms with E-state index in [1.165, 1.54) is 116 Å². The molecule has 0 aromatic carbocycles. The van der Waals surface area contributed by atoms with Crippen molar-refractivity contribution in [2.24, 2.45) is 0 Å². The Morgan fingerprint density at radius 2 is 0.815 bits per heavy atom.